The normalized spacial score (nSPS) is 35.3. The second-order valence-corrected chi connectivity index (χ2v) is 6.19. The Balaban J connectivity index is 1.94. The van der Waals surface area contributed by atoms with Crippen molar-refractivity contribution < 1.29 is 4.74 Å². The van der Waals surface area contributed by atoms with Gasteiger partial charge in [0, 0.05) is 12.6 Å². The van der Waals surface area contributed by atoms with E-state index in [1.54, 1.807) is 0 Å². The van der Waals surface area contributed by atoms with Crippen LogP contribution in [0.2, 0.25) is 0 Å². The molecule has 1 saturated carbocycles. The highest BCUT2D eigenvalue weighted by atomic mass is 16.5. The van der Waals surface area contributed by atoms with Crippen molar-refractivity contribution >= 4 is 0 Å². The molecular formula is C16H31NO. The van der Waals surface area contributed by atoms with E-state index in [4.69, 9.17) is 4.74 Å². The van der Waals surface area contributed by atoms with Crippen molar-refractivity contribution in [3.05, 3.63) is 0 Å². The Morgan fingerprint density at radius 2 is 2.00 bits per heavy atom. The van der Waals surface area contributed by atoms with Crippen molar-refractivity contribution in [1.82, 2.24) is 5.32 Å². The molecule has 1 saturated heterocycles. The zero-order valence-corrected chi connectivity index (χ0v) is 12.3. The Kier molecular flexibility index (Phi) is 5.97. The molecule has 0 aromatic carbocycles. The van der Waals surface area contributed by atoms with Gasteiger partial charge in [0.2, 0.25) is 0 Å². The van der Waals surface area contributed by atoms with Gasteiger partial charge in [-0.2, -0.15) is 0 Å². The van der Waals surface area contributed by atoms with Crippen LogP contribution < -0.4 is 5.32 Å². The molecule has 1 N–H and O–H groups in total. The molecule has 0 aromatic heterocycles. The second kappa shape index (κ2) is 7.49. The van der Waals surface area contributed by atoms with Crippen LogP contribution in [0.5, 0.6) is 0 Å². The van der Waals surface area contributed by atoms with Gasteiger partial charge >= 0.3 is 0 Å². The first-order valence-corrected chi connectivity index (χ1v) is 8.20. The topological polar surface area (TPSA) is 21.3 Å². The number of rotatable bonds is 5. The summed E-state index contributed by atoms with van der Waals surface area (Å²) in [5.74, 6) is 1.82. The van der Waals surface area contributed by atoms with Gasteiger partial charge in [-0.1, -0.05) is 33.1 Å². The first-order chi connectivity index (χ1) is 8.85. The van der Waals surface area contributed by atoms with Crippen LogP contribution in [0.1, 0.15) is 65.2 Å². The van der Waals surface area contributed by atoms with Crippen LogP contribution in [0.25, 0.3) is 0 Å². The third-order valence-corrected chi connectivity index (χ3v) is 4.96. The summed E-state index contributed by atoms with van der Waals surface area (Å²) in [4.78, 5) is 0. The molecule has 106 valence electrons. The standard InChI is InChI=1S/C16H31NO/c1-3-13-8-7-9-14(12-13)16(17-4-2)15-10-5-6-11-18-15/h13-17H,3-12H2,1-2H3. The summed E-state index contributed by atoms with van der Waals surface area (Å²) in [6.45, 7) is 6.65. The molecule has 2 heteroatoms. The number of ether oxygens (including phenoxy) is 1. The minimum absolute atomic E-state index is 0.485. The van der Waals surface area contributed by atoms with Gasteiger partial charge in [0.1, 0.15) is 0 Å². The van der Waals surface area contributed by atoms with Crippen LogP contribution in [-0.2, 0) is 4.74 Å². The second-order valence-electron chi connectivity index (χ2n) is 6.19. The van der Waals surface area contributed by atoms with Crippen molar-refractivity contribution in [3.8, 4) is 0 Å². The van der Waals surface area contributed by atoms with Crippen LogP contribution in [0.3, 0.4) is 0 Å². The van der Waals surface area contributed by atoms with Crippen molar-refractivity contribution in [3.63, 3.8) is 0 Å². The van der Waals surface area contributed by atoms with E-state index in [2.05, 4.69) is 19.2 Å². The van der Waals surface area contributed by atoms with Crippen LogP contribution in [0.4, 0.5) is 0 Å². The van der Waals surface area contributed by atoms with Crippen molar-refractivity contribution in [1.29, 1.82) is 0 Å². The average Bonchev–Trinajstić information content (AvgIpc) is 2.46. The van der Waals surface area contributed by atoms with Gasteiger partial charge in [-0.15, -0.1) is 0 Å². The van der Waals surface area contributed by atoms with E-state index in [1.165, 1.54) is 51.4 Å². The van der Waals surface area contributed by atoms with E-state index in [1.807, 2.05) is 0 Å². The molecule has 0 aromatic rings. The molecule has 0 spiro atoms. The lowest BCUT2D eigenvalue weighted by molar-refractivity contribution is -0.0276. The van der Waals surface area contributed by atoms with E-state index in [9.17, 15) is 0 Å². The number of likely N-dealkylation sites (N-methyl/N-ethyl adjacent to an activating group) is 1. The summed E-state index contributed by atoms with van der Waals surface area (Å²) >= 11 is 0. The summed E-state index contributed by atoms with van der Waals surface area (Å²) in [5.41, 5.74) is 0. The summed E-state index contributed by atoms with van der Waals surface area (Å²) in [5, 5.41) is 3.74. The Labute approximate surface area is 113 Å². The third kappa shape index (κ3) is 3.71. The fraction of sp³-hybridized carbons (Fsp3) is 1.00. The molecule has 2 nitrogen and oxygen atoms in total. The lowest BCUT2D eigenvalue weighted by atomic mass is 9.75. The van der Waals surface area contributed by atoms with E-state index in [-0.39, 0.29) is 0 Å². The minimum Gasteiger partial charge on any atom is -0.377 e. The monoisotopic (exact) mass is 253 g/mol. The predicted molar refractivity (Wildman–Crippen MR) is 76.8 cm³/mol. The maximum atomic E-state index is 6.05. The first-order valence-electron chi connectivity index (χ1n) is 8.20. The SMILES string of the molecule is CCNC(C1CCCC(CC)C1)C1CCCCO1. The van der Waals surface area contributed by atoms with E-state index < -0.39 is 0 Å². The molecule has 2 rings (SSSR count). The van der Waals surface area contributed by atoms with Crippen LogP contribution in [-0.4, -0.2) is 25.3 Å². The molecule has 1 aliphatic heterocycles. The smallest absolute Gasteiger partial charge is 0.0730 e. The van der Waals surface area contributed by atoms with Gasteiger partial charge < -0.3 is 10.1 Å². The quantitative estimate of drug-likeness (QED) is 0.805. The third-order valence-electron chi connectivity index (χ3n) is 4.96. The van der Waals surface area contributed by atoms with E-state index in [0.29, 0.717) is 12.1 Å². The van der Waals surface area contributed by atoms with Crippen molar-refractivity contribution in [2.45, 2.75) is 77.4 Å². The number of nitrogens with one attached hydrogen (secondary N) is 1. The Morgan fingerprint density at radius 1 is 1.11 bits per heavy atom. The molecule has 18 heavy (non-hydrogen) atoms. The molecule has 2 aliphatic rings. The highest BCUT2D eigenvalue weighted by Gasteiger charge is 2.33. The molecule has 0 bridgehead atoms. The van der Waals surface area contributed by atoms with Gasteiger partial charge in [-0.3, -0.25) is 0 Å². The highest BCUT2D eigenvalue weighted by Crippen LogP contribution is 2.35. The number of hydrogen-bond acceptors (Lipinski definition) is 2. The van der Waals surface area contributed by atoms with Gasteiger partial charge in [-0.25, -0.2) is 0 Å². The Hall–Kier alpha value is -0.0800. The summed E-state index contributed by atoms with van der Waals surface area (Å²) in [6, 6.07) is 0.615. The molecule has 4 unspecified atom stereocenters. The summed E-state index contributed by atoms with van der Waals surface area (Å²) < 4.78 is 6.05. The zero-order chi connectivity index (χ0) is 12.8. The molecule has 1 heterocycles. The fourth-order valence-electron chi connectivity index (χ4n) is 3.92. The van der Waals surface area contributed by atoms with Gasteiger partial charge in [0.15, 0.2) is 0 Å². The molecular weight excluding hydrogens is 222 g/mol. The summed E-state index contributed by atoms with van der Waals surface area (Å²) in [7, 11) is 0. The first kappa shape index (κ1) is 14.3. The zero-order valence-electron chi connectivity index (χ0n) is 12.3. The lowest BCUT2D eigenvalue weighted by Crippen LogP contribution is -2.49. The van der Waals surface area contributed by atoms with Crippen LogP contribution in [0.15, 0.2) is 0 Å². The average molecular weight is 253 g/mol. The molecule has 2 fully saturated rings. The predicted octanol–water partition coefficient (Wildman–Crippen LogP) is 3.75. The highest BCUT2D eigenvalue weighted by molar-refractivity contribution is 4.88. The molecule has 4 atom stereocenters. The van der Waals surface area contributed by atoms with E-state index in [0.717, 1.165) is 25.0 Å². The summed E-state index contributed by atoms with van der Waals surface area (Å²) in [6.07, 6.45) is 11.5. The maximum Gasteiger partial charge on any atom is 0.0730 e. The maximum absolute atomic E-state index is 6.05. The largest absolute Gasteiger partial charge is 0.377 e. The number of hydrogen-bond donors (Lipinski definition) is 1. The van der Waals surface area contributed by atoms with Crippen LogP contribution >= 0.6 is 0 Å². The van der Waals surface area contributed by atoms with Crippen molar-refractivity contribution in [2.24, 2.45) is 11.8 Å². The van der Waals surface area contributed by atoms with Gasteiger partial charge in [0.05, 0.1) is 6.10 Å². The lowest BCUT2D eigenvalue weighted by Gasteiger charge is -2.40. The Morgan fingerprint density at radius 3 is 2.67 bits per heavy atom. The molecule has 0 amide bonds. The van der Waals surface area contributed by atoms with Crippen LogP contribution in [0, 0.1) is 11.8 Å². The van der Waals surface area contributed by atoms with Gasteiger partial charge in [0.25, 0.3) is 0 Å². The van der Waals surface area contributed by atoms with Crippen molar-refractivity contribution in [2.75, 3.05) is 13.2 Å². The molecule has 0 radical (unpaired) electrons. The molecule has 1 aliphatic carbocycles. The Bertz CT molecular complexity index is 225. The fourth-order valence-corrected chi connectivity index (χ4v) is 3.92. The van der Waals surface area contributed by atoms with Gasteiger partial charge in [-0.05, 0) is 50.5 Å². The van der Waals surface area contributed by atoms with E-state index >= 15 is 0 Å². The minimum atomic E-state index is 0.485.